The maximum absolute atomic E-state index is 13.2. The van der Waals surface area contributed by atoms with Crippen LogP contribution in [0.2, 0.25) is 0 Å². The van der Waals surface area contributed by atoms with Gasteiger partial charge in [-0.05, 0) is 54.0 Å². The summed E-state index contributed by atoms with van der Waals surface area (Å²) < 4.78 is 85.5. The van der Waals surface area contributed by atoms with Gasteiger partial charge in [-0.1, -0.05) is 36.4 Å². The molecule has 1 aliphatic heterocycles. The van der Waals surface area contributed by atoms with Gasteiger partial charge in [0, 0.05) is 25.6 Å². The molecule has 4 rings (SSSR count). The minimum Gasteiger partial charge on any atom is -0.373 e. The highest BCUT2D eigenvalue weighted by molar-refractivity contribution is 5.33. The highest BCUT2D eigenvalue weighted by Gasteiger charge is 2.45. The predicted molar refractivity (Wildman–Crippen MR) is 117 cm³/mol. The molecule has 1 heterocycles. The van der Waals surface area contributed by atoms with Gasteiger partial charge >= 0.3 is 12.4 Å². The average molecular weight is 483 g/mol. The molecule has 0 amide bonds. The van der Waals surface area contributed by atoms with E-state index in [0.29, 0.717) is 18.3 Å². The second-order valence-electron chi connectivity index (χ2n) is 9.21. The zero-order valence-corrected chi connectivity index (χ0v) is 18.6. The number of halogens is 6. The van der Waals surface area contributed by atoms with Crippen LogP contribution in [0.25, 0.3) is 0 Å². The lowest BCUT2D eigenvalue weighted by Gasteiger charge is -2.40. The van der Waals surface area contributed by atoms with Crippen LogP contribution in [0.15, 0.2) is 61.2 Å². The molecule has 2 nitrogen and oxygen atoms in total. The van der Waals surface area contributed by atoms with Gasteiger partial charge in [-0.3, -0.25) is 4.90 Å². The third-order valence-corrected chi connectivity index (χ3v) is 6.93. The molecule has 1 saturated carbocycles. The van der Waals surface area contributed by atoms with E-state index >= 15 is 0 Å². The van der Waals surface area contributed by atoms with E-state index in [-0.39, 0.29) is 30.3 Å². The number of ether oxygens (including phenoxy) is 1. The van der Waals surface area contributed by atoms with E-state index in [2.05, 4.69) is 11.5 Å². The number of rotatable bonds is 6. The van der Waals surface area contributed by atoms with Crippen molar-refractivity contribution in [1.29, 1.82) is 0 Å². The summed E-state index contributed by atoms with van der Waals surface area (Å²) in [4.78, 5) is 2.34. The molecular weight excluding hydrogens is 456 g/mol. The topological polar surface area (TPSA) is 12.5 Å². The highest BCUT2D eigenvalue weighted by Crippen LogP contribution is 2.47. The second kappa shape index (κ2) is 9.74. The average Bonchev–Trinajstić information content (AvgIpc) is 3.19. The van der Waals surface area contributed by atoms with Crippen molar-refractivity contribution in [2.24, 2.45) is 11.8 Å². The summed E-state index contributed by atoms with van der Waals surface area (Å²) in [7, 11) is 0. The molecular formula is C26H27F6NO. The first kappa shape index (κ1) is 24.8. The predicted octanol–water partition coefficient (Wildman–Crippen LogP) is 6.92. The van der Waals surface area contributed by atoms with Crippen LogP contribution in [-0.2, 0) is 23.7 Å². The maximum atomic E-state index is 13.2. The smallest absolute Gasteiger partial charge is 0.373 e. The van der Waals surface area contributed by atoms with Crippen molar-refractivity contribution in [3.8, 4) is 0 Å². The standard InChI is InChI=1S/C26H27F6NO/c1-2-10-33-14-19-8-9-23(24(22(19)15-33)18-6-4-3-5-7-18)34-16-17-11-20(25(27,28)29)13-21(12-17)26(30,31)32/h2-7,11-13,19,22-24H,1,8-10,14-16H2/t19-,22-,23+,24+/m1/s1. The monoisotopic (exact) mass is 483 g/mol. The van der Waals surface area contributed by atoms with Crippen LogP contribution in [0.4, 0.5) is 26.3 Å². The van der Waals surface area contributed by atoms with Crippen molar-refractivity contribution in [2.45, 2.75) is 43.8 Å². The summed E-state index contributed by atoms with van der Waals surface area (Å²) in [5.74, 6) is 0.784. The zero-order chi connectivity index (χ0) is 24.5. The first-order valence-electron chi connectivity index (χ1n) is 11.3. The molecule has 0 aromatic heterocycles. The van der Waals surface area contributed by atoms with Crippen LogP contribution >= 0.6 is 0 Å². The van der Waals surface area contributed by atoms with Gasteiger partial charge in [0.1, 0.15) is 0 Å². The van der Waals surface area contributed by atoms with Gasteiger partial charge in [-0.25, -0.2) is 0 Å². The molecule has 0 radical (unpaired) electrons. The van der Waals surface area contributed by atoms with Gasteiger partial charge in [0.15, 0.2) is 0 Å². The van der Waals surface area contributed by atoms with Gasteiger partial charge in [-0.15, -0.1) is 6.58 Å². The number of benzene rings is 2. The molecule has 1 saturated heterocycles. The molecule has 2 aromatic carbocycles. The van der Waals surface area contributed by atoms with Crippen molar-refractivity contribution in [2.75, 3.05) is 19.6 Å². The Kier molecular flexibility index (Phi) is 7.10. The minimum atomic E-state index is -4.88. The summed E-state index contributed by atoms with van der Waals surface area (Å²) in [5.41, 5.74) is -1.68. The van der Waals surface area contributed by atoms with Crippen LogP contribution in [-0.4, -0.2) is 30.6 Å². The van der Waals surface area contributed by atoms with Crippen LogP contribution in [0.5, 0.6) is 0 Å². The summed E-state index contributed by atoms with van der Waals surface area (Å²) in [6, 6.07) is 11.5. The Labute approximate surface area is 195 Å². The fourth-order valence-electron chi connectivity index (χ4n) is 5.50. The summed E-state index contributed by atoms with van der Waals surface area (Å²) in [5, 5.41) is 0. The lowest BCUT2D eigenvalue weighted by molar-refractivity contribution is -0.143. The summed E-state index contributed by atoms with van der Waals surface area (Å²) in [6.45, 7) is 6.10. The second-order valence-corrected chi connectivity index (χ2v) is 9.21. The van der Waals surface area contributed by atoms with Crippen molar-refractivity contribution < 1.29 is 31.1 Å². The van der Waals surface area contributed by atoms with E-state index in [9.17, 15) is 26.3 Å². The Balaban J connectivity index is 1.59. The lowest BCUT2D eigenvalue weighted by Crippen LogP contribution is -2.37. The molecule has 0 spiro atoms. The zero-order valence-electron chi connectivity index (χ0n) is 18.6. The number of hydrogen-bond acceptors (Lipinski definition) is 2. The Morgan fingerprint density at radius 3 is 2.15 bits per heavy atom. The van der Waals surface area contributed by atoms with Crippen molar-refractivity contribution in [1.82, 2.24) is 4.90 Å². The van der Waals surface area contributed by atoms with Gasteiger partial charge in [0.25, 0.3) is 0 Å². The van der Waals surface area contributed by atoms with Crippen LogP contribution in [0.1, 0.15) is 41.0 Å². The Hall–Kier alpha value is -2.32. The molecule has 4 atom stereocenters. The molecule has 8 heteroatoms. The molecule has 34 heavy (non-hydrogen) atoms. The third-order valence-electron chi connectivity index (χ3n) is 6.93. The van der Waals surface area contributed by atoms with Gasteiger partial charge < -0.3 is 4.74 Å². The normalized spacial score (nSPS) is 25.8. The number of likely N-dealkylation sites (tertiary alicyclic amines) is 1. The van der Waals surface area contributed by atoms with E-state index in [1.165, 1.54) is 0 Å². The number of alkyl halides is 6. The number of nitrogens with zero attached hydrogens (tertiary/aromatic N) is 1. The number of fused-ring (bicyclic) bond motifs is 1. The molecule has 2 fully saturated rings. The van der Waals surface area contributed by atoms with E-state index < -0.39 is 23.5 Å². The van der Waals surface area contributed by atoms with E-state index in [0.717, 1.165) is 43.8 Å². The van der Waals surface area contributed by atoms with Crippen LogP contribution in [0.3, 0.4) is 0 Å². The first-order chi connectivity index (χ1) is 16.1. The maximum Gasteiger partial charge on any atom is 0.416 e. The van der Waals surface area contributed by atoms with E-state index in [1.54, 1.807) is 0 Å². The molecule has 184 valence electrons. The third kappa shape index (κ3) is 5.49. The summed E-state index contributed by atoms with van der Waals surface area (Å²) in [6.07, 6.45) is -6.57. The lowest BCUT2D eigenvalue weighted by atomic mass is 9.69. The molecule has 0 bridgehead atoms. The van der Waals surface area contributed by atoms with E-state index in [4.69, 9.17) is 4.74 Å². The fourth-order valence-corrected chi connectivity index (χ4v) is 5.50. The van der Waals surface area contributed by atoms with Crippen molar-refractivity contribution in [3.63, 3.8) is 0 Å². The van der Waals surface area contributed by atoms with Gasteiger partial charge in [0.2, 0.25) is 0 Å². The van der Waals surface area contributed by atoms with Gasteiger partial charge in [-0.2, -0.15) is 26.3 Å². The Morgan fingerprint density at radius 2 is 1.56 bits per heavy atom. The molecule has 2 aromatic rings. The van der Waals surface area contributed by atoms with Crippen molar-refractivity contribution >= 4 is 0 Å². The highest BCUT2D eigenvalue weighted by atomic mass is 19.4. The molecule has 2 aliphatic rings. The summed E-state index contributed by atoms with van der Waals surface area (Å²) >= 11 is 0. The Bertz CT molecular complexity index is 955. The number of hydrogen-bond donors (Lipinski definition) is 0. The molecule has 0 N–H and O–H groups in total. The first-order valence-corrected chi connectivity index (χ1v) is 11.3. The molecule has 1 aliphatic carbocycles. The Morgan fingerprint density at radius 1 is 0.912 bits per heavy atom. The largest absolute Gasteiger partial charge is 0.416 e. The van der Waals surface area contributed by atoms with Gasteiger partial charge in [0.05, 0.1) is 23.8 Å². The quantitative estimate of drug-likeness (QED) is 0.327. The SMILES string of the molecule is C=CCN1C[C@H]2CC[C@H](OCc3cc(C(F)(F)F)cc(C(F)(F)F)c3)[C@@H](c3ccccc3)[C@@H]2C1. The fraction of sp³-hybridized carbons (Fsp3) is 0.462. The van der Waals surface area contributed by atoms with E-state index in [1.807, 2.05) is 36.4 Å². The van der Waals surface area contributed by atoms with Crippen molar-refractivity contribution in [3.05, 3.63) is 83.4 Å². The van der Waals surface area contributed by atoms with Crippen LogP contribution < -0.4 is 0 Å². The molecule has 0 unspecified atom stereocenters. The minimum absolute atomic E-state index is 0.0163. The van der Waals surface area contributed by atoms with Crippen LogP contribution in [0, 0.1) is 11.8 Å².